The molecule has 0 saturated carbocycles. The van der Waals surface area contributed by atoms with Gasteiger partial charge in [-0.05, 0) is 25.0 Å². The first-order valence-electron chi connectivity index (χ1n) is 4.71. The molecule has 3 N–H and O–H groups in total. The van der Waals surface area contributed by atoms with Crippen LogP contribution in [0.25, 0.3) is 0 Å². The van der Waals surface area contributed by atoms with Crippen LogP contribution in [0.1, 0.15) is 17.5 Å². The van der Waals surface area contributed by atoms with E-state index in [1.54, 1.807) is 0 Å². The van der Waals surface area contributed by atoms with E-state index in [0.717, 1.165) is 16.8 Å². The predicted molar refractivity (Wildman–Crippen MR) is 58.2 cm³/mol. The van der Waals surface area contributed by atoms with Crippen molar-refractivity contribution in [2.75, 3.05) is 11.9 Å². The van der Waals surface area contributed by atoms with Crippen molar-refractivity contribution in [3.05, 3.63) is 29.3 Å². The van der Waals surface area contributed by atoms with Crippen LogP contribution in [0.2, 0.25) is 0 Å². The average molecular weight is 192 g/mol. The standard InChI is InChI=1S/C11H16N2O/c1-8-4-3-5-9(2)11(8)13-10(14)6-7-12/h3-5H,6-7,12H2,1-2H3,(H,13,14). The first-order valence-corrected chi connectivity index (χ1v) is 4.71. The quantitative estimate of drug-likeness (QED) is 0.764. The molecule has 0 aromatic heterocycles. The Labute approximate surface area is 84.3 Å². The van der Waals surface area contributed by atoms with Crippen LogP contribution in [0.3, 0.4) is 0 Å². The fourth-order valence-electron chi connectivity index (χ4n) is 1.34. The second-order valence-electron chi connectivity index (χ2n) is 3.35. The van der Waals surface area contributed by atoms with Crippen molar-refractivity contribution < 1.29 is 4.79 Å². The number of hydrogen-bond donors (Lipinski definition) is 2. The van der Waals surface area contributed by atoms with Crippen LogP contribution in [0.5, 0.6) is 0 Å². The van der Waals surface area contributed by atoms with Gasteiger partial charge in [0.15, 0.2) is 0 Å². The van der Waals surface area contributed by atoms with Crippen molar-refractivity contribution in [1.29, 1.82) is 0 Å². The van der Waals surface area contributed by atoms with Crippen LogP contribution in [0.4, 0.5) is 5.69 Å². The number of nitrogens with two attached hydrogens (primary N) is 1. The van der Waals surface area contributed by atoms with Gasteiger partial charge >= 0.3 is 0 Å². The highest BCUT2D eigenvalue weighted by molar-refractivity contribution is 5.92. The lowest BCUT2D eigenvalue weighted by Gasteiger charge is -2.10. The van der Waals surface area contributed by atoms with E-state index in [1.807, 2.05) is 32.0 Å². The number of carbonyl (C=O) groups excluding carboxylic acids is 1. The number of aryl methyl sites for hydroxylation is 2. The minimum Gasteiger partial charge on any atom is -0.330 e. The molecule has 0 atom stereocenters. The van der Waals surface area contributed by atoms with Gasteiger partial charge in [0, 0.05) is 18.7 Å². The molecular weight excluding hydrogens is 176 g/mol. The summed E-state index contributed by atoms with van der Waals surface area (Å²) in [7, 11) is 0. The molecule has 3 heteroatoms. The van der Waals surface area contributed by atoms with Crippen molar-refractivity contribution >= 4 is 11.6 Å². The van der Waals surface area contributed by atoms with Crippen LogP contribution in [0, 0.1) is 13.8 Å². The Kier molecular flexibility index (Phi) is 3.65. The molecule has 1 rings (SSSR count). The molecule has 0 heterocycles. The molecule has 0 saturated heterocycles. The van der Waals surface area contributed by atoms with Crippen molar-refractivity contribution in [2.24, 2.45) is 5.73 Å². The van der Waals surface area contributed by atoms with Gasteiger partial charge in [0.05, 0.1) is 0 Å². The monoisotopic (exact) mass is 192 g/mol. The van der Waals surface area contributed by atoms with Crippen LogP contribution in [-0.4, -0.2) is 12.5 Å². The Balaban J connectivity index is 2.80. The Morgan fingerprint density at radius 3 is 2.43 bits per heavy atom. The summed E-state index contributed by atoms with van der Waals surface area (Å²) in [6, 6.07) is 5.93. The fraction of sp³-hybridized carbons (Fsp3) is 0.364. The molecule has 3 nitrogen and oxygen atoms in total. The number of benzene rings is 1. The Morgan fingerprint density at radius 1 is 1.36 bits per heavy atom. The Morgan fingerprint density at radius 2 is 1.93 bits per heavy atom. The molecule has 0 aliphatic heterocycles. The third kappa shape index (κ3) is 2.57. The smallest absolute Gasteiger partial charge is 0.225 e. The van der Waals surface area contributed by atoms with E-state index in [1.165, 1.54) is 0 Å². The fourth-order valence-corrected chi connectivity index (χ4v) is 1.34. The summed E-state index contributed by atoms with van der Waals surface area (Å²) in [5.41, 5.74) is 8.36. The molecule has 1 aromatic carbocycles. The molecule has 0 radical (unpaired) electrons. The first-order chi connectivity index (χ1) is 6.65. The summed E-state index contributed by atoms with van der Waals surface area (Å²) in [4.78, 5) is 11.3. The highest BCUT2D eigenvalue weighted by Crippen LogP contribution is 2.19. The van der Waals surface area contributed by atoms with E-state index in [9.17, 15) is 4.79 Å². The van der Waals surface area contributed by atoms with Gasteiger partial charge in [-0.15, -0.1) is 0 Å². The molecule has 0 fully saturated rings. The number of amides is 1. The molecule has 1 amide bonds. The normalized spacial score (nSPS) is 9.93. The Bertz CT molecular complexity index is 314. The molecule has 76 valence electrons. The van der Waals surface area contributed by atoms with Crippen molar-refractivity contribution in [1.82, 2.24) is 0 Å². The van der Waals surface area contributed by atoms with E-state index < -0.39 is 0 Å². The number of nitrogens with one attached hydrogen (secondary N) is 1. The largest absolute Gasteiger partial charge is 0.330 e. The molecule has 0 bridgehead atoms. The number of rotatable bonds is 3. The van der Waals surface area contributed by atoms with Gasteiger partial charge in [-0.25, -0.2) is 0 Å². The third-order valence-electron chi connectivity index (χ3n) is 2.12. The SMILES string of the molecule is Cc1cccc(C)c1NC(=O)CCN. The zero-order chi connectivity index (χ0) is 10.6. The van der Waals surface area contributed by atoms with Crippen molar-refractivity contribution in [3.63, 3.8) is 0 Å². The van der Waals surface area contributed by atoms with Crippen molar-refractivity contribution in [2.45, 2.75) is 20.3 Å². The number of para-hydroxylation sites is 1. The van der Waals surface area contributed by atoms with Gasteiger partial charge in [0.1, 0.15) is 0 Å². The van der Waals surface area contributed by atoms with E-state index in [2.05, 4.69) is 5.32 Å². The maximum atomic E-state index is 11.3. The van der Waals surface area contributed by atoms with Gasteiger partial charge in [-0.2, -0.15) is 0 Å². The highest BCUT2D eigenvalue weighted by Gasteiger charge is 2.05. The lowest BCUT2D eigenvalue weighted by molar-refractivity contribution is -0.116. The van der Waals surface area contributed by atoms with Gasteiger partial charge in [0.25, 0.3) is 0 Å². The van der Waals surface area contributed by atoms with Crippen LogP contribution < -0.4 is 11.1 Å². The van der Waals surface area contributed by atoms with Gasteiger partial charge in [-0.3, -0.25) is 4.79 Å². The number of carbonyl (C=O) groups is 1. The van der Waals surface area contributed by atoms with E-state index >= 15 is 0 Å². The minimum absolute atomic E-state index is 0.0232. The lowest BCUT2D eigenvalue weighted by atomic mass is 10.1. The summed E-state index contributed by atoms with van der Waals surface area (Å²) in [5, 5.41) is 2.86. The molecule has 1 aromatic rings. The maximum Gasteiger partial charge on any atom is 0.225 e. The van der Waals surface area contributed by atoms with Crippen LogP contribution >= 0.6 is 0 Å². The molecule has 0 aliphatic rings. The number of hydrogen-bond acceptors (Lipinski definition) is 2. The maximum absolute atomic E-state index is 11.3. The van der Waals surface area contributed by atoms with Gasteiger partial charge < -0.3 is 11.1 Å². The summed E-state index contributed by atoms with van der Waals surface area (Å²) >= 11 is 0. The predicted octanol–water partition coefficient (Wildman–Crippen LogP) is 1.59. The zero-order valence-corrected chi connectivity index (χ0v) is 8.63. The topological polar surface area (TPSA) is 55.1 Å². The van der Waals surface area contributed by atoms with Crippen molar-refractivity contribution in [3.8, 4) is 0 Å². The molecule has 14 heavy (non-hydrogen) atoms. The Hall–Kier alpha value is -1.35. The number of anilines is 1. The first kappa shape index (κ1) is 10.7. The summed E-state index contributed by atoms with van der Waals surface area (Å²) in [5.74, 6) is -0.0232. The van der Waals surface area contributed by atoms with Gasteiger partial charge in [0.2, 0.25) is 5.91 Å². The second-order valence-corrected chi connectivity index (χ2v) is 3.35. The minimum atomic E-state index is -0.0232. The summed E-state index contributed by atoms with van der Waals surface area (Å²) in [6.45, 7) is 4.34. The zero-order valence-electron chi connectivity index (χ0n) is 8.63. The van der Waals surface area contributed by atoms with Crippen LogP contribution in [-0.2, 0) is 4.79 Å². The van der Waals surface area contributed by atoms with Gasteiger partial charge in [-0.1, -0.05) is 18.2 Å². The molecular formula is C11H16N2O. The summed E-state index contributed by atoms with van der Waals surface area (Å²) in [6.07, 6.45) is 0.369. The van der Waals surface area contributed by atoms with E-state index in [-0.39, 0.29) is 5.91 Å². The highest BCUT2D eigenvalue weighted by atomic mass is 16.1. The van der Waals surface area contributed by atoms with Crippen LogP contribution in [0.15, 0.2) is 18.2 Å². The molecule has 0 unspecified atom stereocenters. The second kappa shape index (κ2) is 4.77. The van der Waals surface area contributed by atoms with E-state index in [0.29, 0.717) is 13.0 Å². The summed E-state index contributed by atoms with van der Waals surface area (Å²) < 4.78 is 0. The van der Waals surface area contributed by atoms with E-state index in [4.69, 9.17) is 5.73 Å². The molecule has 0 aliphatic carbocycles. The third-order valence-corrected chi connectivity index (χ3v) is 2.12. The lowest BCUT2D eigenvalue weighted by Crippen LogP contribution is -2.17. The molecule has 0 spiro atoms. The average Bonchev–Trinajstić information content (AvgIpc) is 2.12.